The summed E-state index contributed by atoms with van der Waals surface area (Å²) in [5.74, 6) is 2.68. The highest BCUT2D eigenvalue weighted by molar-refractivity contribution is 5.81. The third-order valence-electron chi connectivity index (χ3n) is 5.43. The van der Waals surface area contributed by atoms with Crippen LogP contribution in [0.4, 0.5) is 0 Å². The Labute approximate surface area is 182 Å². The molecule has 1 N–H and O–H groups in total. The van der Waals surface area contributed by atoms with Gasteiger partial charge in [-0.1, -0.05) is 30.4 Å². The summed E-state index contributed by atoms with van der Waals surface area (Å²) in [6.45, 7) is 3.75. The maximum Gasteiger partial charge on any atom is 0.223 e. The summed E-state index contributed by atoms with van der Waals surface area (Å²) in [4.78, 5) is 16.8. The van der Waals surface area contributed by atoms with E-state index in [4.69, 9.17) is 14.5 Å². The smallest absolute Gasteiger partial charge is 0.223 e. The second-order valence-corrected chi connectivity index (χ2v) is 7.77. The van der Waals surface area contributed by atoms with Crippen LogP contribution in [0.25, 0.3) is 17.1 Å². The van der Waals surface area contributed by atoms with Gasteiger partial charge >= 0.3 is 0 Å². The van der Waals surface area contributed by atoms with Crippen LogP contribution in [-0.2, 0) is 17.9 Å². The van der Waals surface area contributed by atoms with E-state index in [0.29, 0.717) is 13.2 Å². The molecule has 1 amide bonds. The molecule has 0 spiro atoms. The van der Waals surface area contributed by atoms with Crippen LogP contribution in [0, 0.1) is 5.92 Å². The quantitative estimate of drug-likeness (QED) is 0.489. The molecule has 1 aromatic heterocycles. The van der Waals surface area contributed by atoms with Crippen LogP contribution in [0.15, 0.2) is 48.5 Å². The highest BCUT2D eigenvalue weighted by atomic mass is 16.5. The SMILES string of the molecule is C/C=C/c1ccc(OCCCn2c(CNC(=O)C3CC3)nc3ccccc32)c(OC)c1. The maximum absolute atomic E-state index is 12.1. The van der Waals surface area contributed by atoms with E-state index < -0.39 is 0 Å². The van der Waals surface area contributed by atoms with E-state index in [1.54, 1.807) is 7.11 Å². The number of hydrogen-bond donors (Lipinski definition) is 1. The zero-order valence-corrected chi connectivity index (χ0v) is 18.1. The van der Waals surface area contributed by atoms with Crippen molar-refractivity contribution >= 4 is 23.0 Å². The van der Waals surface area contributed by atoms with Crippen molar-refractivity contribution in [3.63, 3.8) is 0 Å². The highest BCUT2D eigenvalue weighted by Gasteiger charge is 2.29. The molecule has 0 bridgehead atoms. The number of aryl methyl sites for hydroxylation is 1. The molecule has 162 valence electrons. The molecule has 0 radical (unpaired) electrons. The van der Waals surface area contributed by atoms with Crippen molar-refractivity contribution in [2.24, 2.45) is 5.92 Å². The average Bonchev–Trinajstić information content (AvgIpc) is 3.58. The molecule has 6 heteroatoms. The Bertz CT molecular complexity index is 1080. The average molecular weight is 420 g/mol. The van der Waals surface area contributed by atoms with Crippen LogP contribution in [0.5, 0.6) is 11.5 Å². The maximum atomic E-state index is 12.1. The molecule has 1 saturated carbocycles. The number of amides is 1. The van der Waals surface area contributed by atoms with Crippen LogP contribution in [0.1, 0.15) is 37.6 Å². The van der Waals surface area contributed by atoms with Gasteiger partial charge in [-0.3, -0.25) is 4.79 Å². The molecule has 1 heterocycles. The Kier molecular flexibility index (Phi) is 6.55. The Morgan fingerprint density at radius 3 is 2.84 bits per heavy atom. The van der Waals surface area contributed by atoms with Crippen LogP contribution >= 0.6 is 0 Å². The number of hydrogen-bond acceptors (Lipinski definition) is 4. The molecule has 0 unspecified atom stereocenters. The number of nitrogens with one attached hydrogen (secondary N) is 1. The Balaban J connectivity index is 1.40. The summed E-state index contributed by atoms with van der Waals surface area (Å²) in [7, 11) is 1.65. The van der Waals surface area contributed by atoms with Crippen molar-refractivity contribution in [3.8, 4) is 11.5 Å². The van der Waals surface area contributed by atoms with E-state index in [1.165, 1.54) is 0 Å². The summed E-state index contributed by atoms with van der Waals surface area (Å²) in [5.41, 5.74) is 3.10. The molecular formula is C25H29N3O3. The van der Waals surface area contributed by atoms with E-state index in [9.17, 15) is 4.79 Å². The van der Waals surface area contributed by atoms with Crippen LogP contribution < -0.4 is 14.8 Å². The van der Waals surface area contributed by atoms with Gasteiger partial charge < -0.3 is 19.4 Å². The van der Waals surface area contributed by atoms with Gasteiger partial charge in [0.15, 0.2) is 11.5 Å². The van der Waals surface area contributed by atoms with Gasteiger partial charge in [-0.2, -0.15) is 0 Å². The second kappa shape index (κ2) is 9.69. The van der Waals surface area contributed by atoms with E-state index in [-0.39, 0.29) is 11.8 Å². The minimum absolute atomic E-state index is 0.135. The molecule has 0 saturated heterocycles. The number of carbonyl (C=O) groups is 1. The van der Waals surface area contributed by atoms with Crippen molar-refractivity contribution in [1.82, 2.24) is 14.9 Å². The first-order valence-electron chi connectivity index (χ1n) is 10.8. The van der Waals surface area contributed by atoms with Gasteiger partial charge in [-0.15, -0.1) is 0 Å². The lowest BCUT2D eigenvalue weighted by Gasteiger charge is -2.13. The number of methoxy groups -OCH3 is 1. The summed E-state index contributed by atoms with van der Waals surface area (Å²) in [6.07, 6.45) is 6.83. The summed E-state index contributed by atoms with van der Waals surface area (Å²) >= 11 is 0. The molecule has 4 rings (SSSR count). The van der Waals surface area contributed by atoms with Gasteiger partial charge in [0.05, 0.1) is 31.3 Å². The number of ether oxygens (including phenoxy) is 2. The van der Waals surface area contributed by atoms with Gasteiger partial charge in [0.25, 0.3) is 0 Å². The zero-order valence-electron chi connectivity index (χ0n) is 18.1. The third kappa shape index (κ3) is 5.08. The molecule has 31 heavy (non-hydrogen) atoms. The lowest BCUT2D eigenvalue weighted by atomic mass is 10.2. The molecule has 6 nitrogen and oxygen atoms in total. The fourth-order valence-corrected chi connectivity index (χ4v) is 3.67. The molecule has 1 aliphatic carbocycles. The first-order chi connectivity index (χ1) is 15.2. The first kappa shape index (κ1) is 21.0. The van der Waals surface area contributed by atoms with E-state index in [1.807, 2.05) is 55.5 Å². The lowest BCUT2D eigenvalue weighted by Crippen LogP contribution is -2.26. The molecule has 1 aliphatic rings. The Morgan fingerprint density at radius 1 is 1.23 bits per heavy atom. The minimum Gasteiger partial charge on any atom is -0.493 e. The number of benzene rings is 2. The predicted molar refractivity (Wildman–Crippen MR) is 122 cm³/mol. The van der Waals surface area contributed by atoms with Crippen LogP contribution in [0.3, 0.4) is 0 Å². The predicted octanol–water partition coefficient (Wildman–Crippen LogP) is 4.57. The van der Waals surface area contributed by atoms with Crippen LogP contribution in [0.2, 0.25) is 0 Å². The van der Waals surface area contributed by atoms with Crippen molar-refractivity contribution in [2.45, 2.75) is 39.3 Å². The summed E-state index contributed by atoms with van der Waals surface area (Å²) in [5, 5.41) is 3.03. The number of aromatic nitrogens is 2. The van der Waals surface area contributed by atoms with Gasteiger partial charge in [0.1, 0.15) is 5.82 Å². The fraction of sp³-hybridized carbons (Fsp3) is 0.360. The van der Waals surface area contributed by atoms with E-state index in [2.05, 4.69) is 16.0 Å². The molecule has 1 fully saturated rings. The molecule has 0 atom stereocenters. The van der Waals surface area contributed by atoms with E-state index in [0.717, 1.165) is 59.7 Å². The number of rotatable bonds is 10. The second-order valence-electron chi connectivity index (χ2n) is 7.77. The number of nitrogens with zero attached hydrogens (tertiary/aromatic N) is 2. The monoisotopic (exact) mass is 419 g/mol. The van der Waals surface area contributed by atoms with Crippen LogP contribution in [-0.4, -0.2) is 29.2 Å². The Morgan fingerprint density at radius 2 is 2.06 bits per heavy atom. The number of para-hydroxylation sites is 2. The van der Waals surface area contributed by atoms with Gasteiger partial charge in [0, 0.05) is 12.5 Å². The number of allylic oxidation sites excluding steroid dienone is 1. The highest BCUT2D eigenvalue weighted by Crippen LogP contribution is 2.29. The molecule has 0 aliphatic heterocycles. The Hall–Kier alpha value is -3.28. The largest absolute Gasteiger partial charge is 0.493 e. The van der Waals surface area contributed by atoms with Gasteiger partial charge in [0.2, 0.25) is 5.91 Å². The zero-order chi connectivity index (χ0) is 21.6. The third-order valence-corrected chi connectivity index (χ3v) is 5.43. The summed E-state index contributed by atoms with van der Waals surface area (Å²) < 4.78 is 13.7. The minimum atomic E-state index is 0.135. The van der Waals surface area contributed by atoms with E-state index >= 15 is 0 Å². The number of carbonyl (C=O) groups excluding carboxylic acids is 1. The topological polar surface area (TPSA) is 65.4 Å². The number of fused-ring (bicyclic) bond motifs is 1. The molecule has 3 aromatic rings. The van der Waals surface area contributed by atoms with Gasteiger partial charge in [-0.25, -0.2) is 4.98 Å². The lowest BCUT2D eigenvalue weighted by molar-refractivity contribution is -0.122. The van der Waals surface area contributed by atoms with Crippen molar-refractivity contribution in [1.29, 1.82) is 0 Å². The fourth-order valence-electron chi connectivity index (χ4n) is 3.67. The van der Waals surface area contributed by atoms with Crippen molar-refractivity contribution < 1.29 is 14.3 Å². The van der Waals surface area contributed by atoms with Crippen molar-refractivity contribution in [2.75, 3.05) is 13.7 Å². The summed E-state index contributed by atoms with van der Waals surface area (Å²) in [6, 6.07) is 14.0. The molecule has 2 aromatic carbocycles. The first-order valence-corrected chi connectivity index (χ1v) is 10.8. The standard InChI is InChI=1S/C25H29N3O3/c1-3-7-18-10-13-22(23(16-18)30-2)31-15-6-14-28-21-9-5-4-8-20(21)27-24(28)17-26-25(29)19-11-12-19/h3-5,7-10,13,16,19H,6,11-12,14-15,17H2,1-2H3,(H,26,29)/b7-3+. The number of imidazole rings is 1. The van der Waals surface area contributed by atoms with Crippen molar-refractivity contribution in [3.05, 3.63) is 59.9 Å². The normalized spacial score (nSPS) is 13.6. The molecular weight excluding hydrogens is 390 g/mol. The van der Waals surface area contributed by atoms with Gasteiger partial charge in [-0.05, 0) is 56.0 Å².